The van der Waals surface area contributed by atoms with Gasteiger partial charge in [0, 0.05) is 12.3 Å². The highest BCUT2D eigenvalue weighted by Gasteiger charge is 2.09. The van der Waals surface area contributed by atoms with Crippen molar-refractivity contribution in [1.29, 1.82) is 0 Å². The first-order valence-corrected chi connectivity index (χ1v) is 4.78. The van der Waals surface area contributed by atoms with Crippen LogP contribution in [-0.4, -0.2) is 18.8 Å². The fourth-order valence-corrected chi connectivity index (χ4v) is 1.34. The van der Waals surface area contributed by atoms with Crippen molar-refractivity contribution in [3.8, 4) is 0 Å². The fraction of sp³-hybridized carbons (Fsp3) is 0.700. The van der Waals surface area contributed by atoms with Crippen LogP contribution >= 0.6 is 0 Å². The molecule has 1 aliphatic carbocycles. The first-order valence-electron chi connectivity index (χ1n) is 4.78. The SMILES string of the molecule is CCCN=C1C=CC(CN)CC1. The summed E-state index contributed by atoms with van der Waals surface area (Å²) < 4.78 is 0. The van der Waals surface area contributed by atoms with Gasteiger partial charge < -0.3 is 5.73 Å². The van der Waals surface area contributed by atoms with Crippen LogP contribution in [0.4, 0.5) is 0 Å². The minimum Gasteiger partial charge on any atom is -0.330 e. The van der Waals surface area contributed by atoms with Crippen LogP contribution in [0.1, 0.15) is 26.2 Å². The number of hydrogen-bond acceptors (Lipinski definition) is 2. The normalized spacial score (nSPS) is 26.5. The molecule has 2 N–H and O–H groups in total. The Balaban J connectivity index is 2.42. The summed E-state index contributed by atoms with van der Waals surface area (Å²) in [6.45, 7) is 3.89. The van der Waals surface area contributed by atoms with Crippen molar-refractivity contribution in [2.24, 2.45) is 16.6 Å². The third-order valence-electron chi connectivity index (χ3n) is 2.17. The second-order valence-electron chi connectivity index (χ2n) is 3.27. The van der Waals surface area contributed by atoms with E-state index in [4.69, 9.17) is 5.73 Å². The number of hydrogen-bond donors (Lipinski definition) is 1. The van der Waals surface area contributed by atoms with Gasteiger partial charge in [-0.15, -0.1) is 0 Å². The summed E-state index contributed by atoms with van der Waals surface area (Å²) in [5.74, 6) is 0.588. The molecule has 2 heteroatoms. The van der Waals surface area contributed by atoms with E-state index in [9.17, 15) is 0 Å². The average Bonchev–Trinajstić information content (AvgIpc) is 2.15. The minimum absolute atomic E-state index is 0.588. The Hall–Kier alpha value is -0.630. The molecule has 0 amide bonds. The van der Waals surface area contributed by atoms with E-state index in [0.717, 1.165) is 25.9 Å². The maximum Gasteiger partial charge on any atom is 0.0389 e. The summed E-state index contributed by atoms with van der Waals surface area (Å²) in [5.41, 5.74) is 6.81. The number of allylic oxidation sites excluding steroid dienone is 1. The van der Waals surface area contributed by atoms with Gasteiger partial charge in [-0.3, -0.25) is 4.99 Å². The molecule has 2 nitrogen and oxygen atoms in total. The van der Waals surface area contributed by atoms with Gasteiger partial charge in [0.15, 0.2) is 0 Å². The summed E-state index contributed by atoms with van der Waals surface area (Å²) in [6.07, 6.45) is 7.75. The van der Waals surface area contributed by atoms with Crippen molar-refractivity contribution in [3.05, 3.63) is 12.2 Å². The number of nitrogens with zero attached hydrogens (tertiary/aromatic N) is 1. The highest BCUT2D eigenvalue weighted by Crippen LogP contribution is 2.14. The lowest BCUT2D eigenvalue weighted by Gasteiger charge is -2.14. The van der Waals surface area contributed by atoms with E-state index >= 15 is 0 Å². The van der Waals surface area contributed by atoms with Crippen molar-refractivity contribution in [3.63, 3.8) is 0 Å². The van der Waals surface area contributed by atoms with Crippen LogP contribution < -0.4 is 5.73 Å². The maximum absolute atomic E-state index is 5.56. The zero-order valence-corrected chi connectivity index (χ0v) is 7.79. The number of rotatable bonds is 3. The standard InChI is InChI=1S/C10H18N2/c1-2-7-12-10-5-3-9(8-11)4-6-10/h3,5,9H,2,4,6-8,11H2,1H3. The molecular formula is C10H18N2. The Kier molecular flexibility index (Phi) is 4.01. The van der Waals surface area contributed by atoms with Crippen molar-refractivity contribution in [2.45, 2.75) is 26.2 Å². The van der Waals surface area contributed by atoms with Gasteiger partial charge in [0.2, 0.25) is 0 Å². The lowest BCUT2D eigenvalue weighted by molar-refractivity contribution is 0.609. The Morgan fingerprint density at radius 2 is 2.50 bits per heavy atom. The van der Waals surface area contributed by atoms with Crippen LogP contribution in [0.25, 0.3) is 0 Å². The van der Waals surface area contributed by atoms with E-state index < -0.39 is 0 Å². The molecule has 12 heavy (non-hydrogen) atoms. The quantitative estimate of drug-likeness (QED) is 0.681. The number of aliphatic imine (C=N–C) groups is 1. The molecule has 1 unspecified atom stereocenters. The van der Waals surface area contributed by atoms with Crippen LogP contribution in [-0.2, 0) is 0 Å². The molecular weight excluding hydrogens is 148 g/mol. The maximum atomic E-state index is 5.56. The third kappa shape index (κ3) is 2.78. The molecule has 0 radical (unpaired) electrons. The summed E-state index contributed by atoms with van der Waals surface area (Å²) >= 11 is 0. The van der Waals surface area contributed by atoms with Gasteiger partial charge in [0.25, 0.3) is 0 Å². The molecule has 1 aliphatic rings. The minimum atomic E-state index is 0.588. The molecule has 68 valence electrons. The van der Waals surface area contributed by atoms with E-state index in [0.29, 0.717) is 5.92 Å². The smallest absolute Gasteiger partial charge is 0.0389 e. The van der Waals surface area contributed by atoms with E-state index in [1.54, 1.807) is 0 Å². The van der Waals surface area contributed by atoms with Crippen molar-refractivity contribution in [1.82, 2.24) is 0 Å². The first kappa shape index (κ1) is 9.46. The van der Waals surface area contributed by atoms with Crippen LogP contribution in [0.15, 0.2) is 17.1 Å². The molecule has 0 saturated heterocycles. The molecule has 0 bridgehead atoms. The van der Waals surface area contributed by atoms with Gasteiger partial charge >= 0.3 is 0 Å². The molecule has 0 aromatic carbocycles. The molecule has 0 aliphatic heterocycles. The van der Waals surface area contributed by atoms with Crippen molar-refractivity contribution in [2.75, 3.05) is 13.1 Å². The molecule has 1 atom stereocenters. The predicted molar refractivity (Wildman–Crippen MR) is 53.5 cm³/mol. The van der Waals surface area contributed by atoms with E-state index in [-0.39, 0.29) is 0 Å². The predicted octanol–water partition coefficient (Wildman–Crippen LogP) is 1.76. The molecule has 1 rings (SSSR count). The highest BCUT2D eigenvalue weighted by atomic mass is 14.7. The van der Waals surface area contributed by atoms with Gasteiger partial charge in [-0.25, -0.2) is 0 Å². The second kappa shape index (κ2) is 5.09. The second-order valence-corrected chi connectivity index (χ2v) is 3.27. The lowest BCUT2D eigenvalue weighted by atomic mass is 9.95. The monoisotopic (exact) mass is 166 g/mol. The zero-order chi connectivity index (χ0) is 8.81. The molecule has 0 saturated carbocycles. The van der Waals surface area contributed by atoms with E-state index in [1.165, 1.54) is 12.1 Å². The summed E-state index contributed by atoms with van der Waals surface area (Å²) in [4.78, 5) is 4.46. The topological polar surface area (TPSA) is 38.4 Å². The van der Waals surface area contributed by atoms with Crippen molar-refractivity contribution >= 4 is 5.71 Å². The molecule has 0 aromatic heterocycles. The lowest BCUT2D eigenvalue weighted by Crippen LogP contribution is -2.17. The molecule has 0 fully saturated rings. The van der Waals surface area contributed by atoms with Crippen LogP contribution in [0.2, 0.25) is 0 Å². The molecule has 0 heterocycles. The summed E-state index contributed by atoms with van der Waals surface area (Å²) in [7, 11) is 0. The van der Waals surface area contributed by atoms with Crippen LogP contribution in [0, 0.1) is 5.92 Å². The van der Waals surface area contributed by atoms with Crippen LogP contribution in [0.5, 0.6) is 0 Å². The van der Waals surface area contributed by atoms with E-state index in [2.05, 4.69) is 24.1 Å². The fourth-order valence-electron chi connectivity index (χ4n) is 1.34. The number of nitrogens with two attached hydrogens (primary N) is 1. The highest BCUT2D eigenvalue weighted by molar-refractivity contribution is 5.95. The van der Waals surface area contributed by atoms with Gasteiger partial charge in [-0.1, -0.05) is 13.0 Å². The Labute approximate surface area is 74.6 Å². The van der Waals surface area contributed by atoms with Gasteiger partial charge in [-0.2, -0.15) is 0 Å². The molecule has 0 aromatic rings. The Bertz CT molecular complexity index is 182. The van der Waals surface area contributed by atoms with Crippen molar-refractivity contribution < 1.29 is 0 Å². The summed E-state index contributed by atoms with van der Waals surface area (Å²) in [5, 5.41) is 0. The van der Waals surface area contributed by atoms with Crippen LogP contribution in [0.3, 0.4) is 0 Å². The largest absolute Gasteiger partial charge is 0.330 e. The Morgan fingerprint density at radius 3 is 3.00 bits per heavy atom. The third-order valence-corrected chi connectivity index (χ3v) is 2.17. The summed E-state index contributed by atoms with van der Waals surface area (Å²) in [6, 6.07) is 0. The average molecular weight is 166 g/mol. The van der Waals surface area contributed by atoms with Gasteiger partial charge in [-0.05, 0) is 37.8 Å². The zero-order valence-electron chi connectivity index (χ0n) is 7.79. The Morgan fingerprint density at radius 1 is 1.67 bits per heavy atom. The van der Waals surface area contributed by atoms with Gasteiger partial charge in [0.1, 0.15) is 0 Å². The first-order chi connectivity index (χ1) is 5.86. The molecule has 0 spiro atoms. The van der Waals surface area contributed by atoms with Gasteiger partial charge in [0.05, 0.1) is 0 Å². The van der Waals surface area contributed by atoms with E-state index in [1.807, 2.05) is 0 Å².